The molecule has 0 spiro atoms. The summed E-state index contributed by atoms with van der Waals surface area (Å²) in [6.45, 7) is 12.7. The topological polar surface area (TPSA) is 156 Å². The Morgan fingerprint density at radius 3 is 2.50 bits per heavy atom. The number of thiol groups is 1. The fourth-order valence-corrected chi connectivity index (χ4v) is 7.52. The summed E-state index contributed by atoms with van der Waals surface area (Å²) in [4.78, 5) is 56.8. The third kappa shape index (κ3) is 9.55. The minimum Gasteiger partial charge on any atom is -0.495 e. The van der Waals surface area contributed by atoms with Gasteiger partial charge in [-0.25, -0.2) is 9.59 Å². The second-order valence-corrected chi connectivity index (χ2v) is 17.7. The summed E-state index contributed by atoms with van der Waals surface area (Å²) in [5.74, 6) is -1.06. The number of anilines is 1. The highest BCUT2D eigenvalue weighted by Gasteiger charge is 2.68. The van der Waals surface area contributed by atoms with Crippen molar-refractivity contribution in [3.8, 4) is 5.75 Å². The largest absolute Gasteiger partial charge is 0.495 e. The Kier molecular flexibility index (Phi) is 13.2. The van der Waals surface area contributed by atoms with Crippen LogP contribution in [0, 0.1) is 5.41 Å². The molecule has 15 heteroatoms. The van der Waals surface area contributed by atoms with Gasteiger partial charge in [0.1, 0.15) is 40.7 Å². The van der Waals surface area contributed by atoms with Gasteiger partial charge in [0, 0.05) is 44.2 Å². The van der Waals surface area contributed by atoms with Gasteiger partial charge in [0.15, 0.2) is 5.72 Å². The Balaban J connectivity index is 1.78. The Hall–Kier alpha value is -3.30. The number of allylic oxidation sites excluding steroid dienone is 3. The van der Waals surface area contributed by atoms with Gasteiger partial charge in [-0.05, 0) is 51.3 Å². The van der Waals surface area contributed by atoms with Gasteiger partial charge in [0.05, 0.1) is 25.3 Å². The average molecular weight is 794 g/mol. The van der Waals surface area contributed by atoms with E-state index in [0.29, 0.717) is 24.3 Å². The first kappa shape index (κ1) is 43.4. The van der Waals surface area contributed by atoms with E-state index >= 15 is 0 Å². The van der Waals surface area contributed by atoms with Gasteiger partial charge in [0.25, 0.3) is 0 Å². The highest BCUT2D eigenvalue weighted by molar-refractivity contribution is 7.81. The minimum atomic E-state index is -1.85. The van der Waals surface area contributed by atoms with E-state index in [1.54, 1.807) is 45.2 Å². The van der Waals surface area contributed by atoms with E-state index in [4.69, 9.17) is 35.3 Å². The van der Waals surface area contributed by atoms with Crippen molar-refractivity contribution in [3.05, 3.63) is 46.5 Å². The molecule has 0 radical (unpaired) electrons. The number of likely N-dealkylation sites (N-methyl/N-ethyl adjacent to an activating group) is 1. The molecule has 300 valence electrons. The van der Waals surface area contributed by atoms with Crippen molar-refractivity contribution < 1.29 is 48.0 Å². The van der Waals surface area contributed by atoms with Crippen LogP contribution in [0.2, 0.25) is 5.02 Å². The van der Waals surface area contributed by atoms with Crippen LogP contribution in [-0.4, -0.2) is 109 Å². The van der Waals surface area contributed by atoms with Crippen molar-refractivity contribution in [3.63, 3.8) is 0 Å². The number of carbonyl (C=O) groups excluding carboxylic acids is 4. The monoisotopic (exact) mass is 793 g/mol. The first-order valence-corrected chi connectivity index (χ1v) is 18.9. The molecule has 1 aromatic rings. The third-order valence-corrected chi connectivity index (χ3v) is 11.4. The van der Waals surface area contributed by atoms with Crippen LogP contribution in [0.1, 0.15) is 79.7 Å². The normalized spacial score (nSPS) is 30.8. The van der Waals surface area contributed by atoms with E-state index in [2.05, 4.69) is 17.9 Å². The fourth-order valence-electron chi connectivity index (χ4n) is 7.10. The number of alkyl carbamates (subject to hydrolysis) is 1. The molecule has 4 rings (SSSR count). The summed E-state index contributed by atoms with van der Waals surface area (Å²) < 4.78 is 29.1. The highest BCUT2D eigenvalue weighted by Crippen LogP contribution is 2.54. The molecule has 2 saturated heterocycles. The van der Waals surface area contributed by atoms with Crippen molar-refractivity contribution in [1.29, 1.82) is 0 Å². The summed E-state index contributed by atoms with van der Waals surface area (Å²) in [5, 5.41) is 14.6. The number of epoxide rings is 1. The lowest BCUT2D eigenvalue weighted by Crippen LogP contribution is -2.65. The van der Waals surface area contributed by atoms with Gasteiger partial charge in [-0.2, -0.15) is 12.6 Å². The number of halogens is 1. The van der Waals surface area contributed by atoms with Crippen molar-refractivity contribution in [2.45, 2.75) is 127 Å². The van der Waals surface area contributed by atoms with Gasteiger partial charge >= 0.3 is 12.1 Å². The first-order chi connectivity index (χ1) is 25.0. The average Bonchev–Trinajstić information content (AvgIpc) is 3.80. The van der Waals surface area contributed by atoms with Gasteiger partial charge in [0.2, 0.25) is 11.8 Å². The van der Waals surface area contributed by atoms with E-state index in [-0.39, 0.29) is 34.9 Å². The molecule has 13 nitrogen and oxygen atoms in total. The standard InChI is InChI=1S/C39H56ClN3O10S/c1-22-13-12-14-27(50-11)39(48)21-29(52-35(47)41-39)37(5,6)34-38(7,53-34)28(51-33(46)23(2)42(8)30(44)15-16-36(3,4)54)20-31(45)43(9)25-18-24(17-22)19-26(49-10)32(25)40/h12-14,18-19,23,27-29,34,48,54H,15-17,20-21H2,1-11H3,(H,41,47)/b14-12+,22-13+. The van der Waals surface area contributed by atoms with Crippen LogP contribution >= 0.6 is 24.2 Å². The number of ether oxygens (including phenoxy) is 5. The Morgan fingerprint density at radius 2 is 1.89 bits per heavy atom. The number of fused-ring (bicyclic) bond motifs is 5. The van der Waals surface area contributed by atoms with E-state index in [0.717, 1.165) is 11.1 Å². The van der Waals surface area contributed by atoms with Gasteiger partial charge in [-0.3, -0.25) is 14.9 Å². The summed E-state index contributed by atoms with van der Waals surface area (Å²) in [7, 11) is 6.03. The zero-order valence-corrected chi connectivity index (χ0v) is 34.8. The van der Waals surface area contributed by atoms with Crippen LogP contribution in [0.5, 0.6) is 5.75 Å². The number of nitrogens with zero attached hydrogens (tertiary/aromatic N) is 2. The Labute approximate surface area is 329 Å². The maximum absolute atomic E-state index is 14.2. The highest BCUT2D eigenvalue weighted by atomic mass is 35.5. The Bertz CT molecular complexity index is 1680. The summed E-state index contributed by atoms with van der Waals surface area (Å²) in [6.07, 6.45) is 1.42. The number of aliphatic hydroxyl groups is 1. The summed E-state index contributed by atoms with van der Waals surface area (Å²) in [6, 6.07) is 2.59. The third-order valence-electron chi connectivity index (χ3n) is 10.8. The number of rotatable bonds is 8. The molecule has 3 amide bonds. The lowest BCUT2D eigenvalue weighted by Gasteiger charge is -2.45. The predicted octanol–water partition coefficient (Wildman–Crippen LogP) is 5.39. The van der Waals surface area contributed by atoms with Crippen LogP contribution in [0.3, 0.4) is 0 Å². The van der Waals surface area contributed by atoms with E-state index in [9.17, 15) is 24.3 Å². The maximum Gasteiger partial charge on any atom is 0.409 e. The number of esters is 1. The zero-order chi connectivity index (χ0) is 40.6. The first-order valence-electron chi connectivity index (χ1n) is 18.0. The molecule has 4 bridgehead atoms. The second kappa shape index (κ2) is 16.4. The molecule has 7 unspecified atom stereocenters. The lowest BCUT2D eigenvalue weighted by atomic mass is 9.73. The molecule has 0 aliphatic carbocycles. The lowest BCUT2D eigenvalue weighted by molar-refractivity contribution is -0.162. The van der Waals surface area contributed by atoms with Crippen LogP contribution in [0.25, 0.3) is 0 Å². The smallest absolute Gasteiger partial charge is 0.409 e. The quantitative estimate of drug-likeness (QED) is 0.177. The van der Waals surface area contributed by atoms with E-state index < -0.39 is 65.2 Å². The van der Waals surface area contributed by atoms with Crippen LogP contribution in [0.15, 0.2) is 35.9 Å². The molecule has 54 heavy (non-hydrogen) atoms. The Morgan fingerprint density at radius 1 is 1.22 bits per heavy atom. The molecule has 2 N–H and O–H groups in total. The maximum atomic E-state index is 14.2. The fraction of sp³-hybridized carbons (Fsp3) is 0.641. The number of hydrogen-bond donors (Lipinski definition) is 3. The molecule has 3 aliphatic rings. The number of nitrogens with one attached hydrogen (secondary N) is 1. The molecule has 1 aromatic carbocycles. The predicted molar refractivity (Wildman–Crippen MR) is 208 cm³/mol. The molecule has 3 heterocycles. The zero-order valence-electron chi connectivity index (χ0n) is 33.2. The molecule has 3 aliphatic heterocycles. The second-order valence-electron chi connectivity index (χ2n) is 16.1. The van der Waals surface area contributed by atoms with E-state index in [1.807, 2.05) is 40.7 Å². The number of methoxy groups -OCH3 is 2. The molecule has 0 saturated carbocycles. The van der Waals surface area contributed by atoms with Crippen molar-refractivity contribution >= 4 is 53.8 Å². The van der Waals surface area contributed by atoms with Crippen LogP contribution in [0.4, 0.5) is 10.5 Å². The van der Waals surface area contributed by atoms with Crippen LogP contribution in [-0.2, 0) is 39.8 Å². The number of benzene rings is 1. The number of hydrogen-bond acceptors (Lipinski definition) is 11. The number of amides is 3. The van der Waals surface area contributed by atoms with Crippen molar-refractivity contribution in [1.82, 2.24) is 10.2 Å². The SMILES string of the molecule is COc1cc2cc(c1Cl)N(C)C(=O)CC(OC(=O)C(C)N(C)C(=O)CCC(C)(C)S)C1(C)OC1C(C)(C)C1CC(O)(NC(=O)O1)C(OC)/C=C/C=C(\C)C2. The number of carbonyl (C=O) groups is 4. The van der Waals surface area contributed by atoms with Gasteiger partial charge < -0.3 is 38.6 Å². The molecule has 0 aromatic heterocycles. The molecular weight excluding hydrogens is 738 g/mol. The van der Waals surface area contributed by atoms with Crippen molar-refractivity contribution in [2.75, 3.05) is 33.2 Å². The summed E-state index contributed by atoms with van der Waals surface area (Å²) in [5.41, 5.74) is -1.97. The summed E-state index contributed by atoms with van der Waals surface area (Å²) >= 11 is 11.3. The molecule has 2 fully saturated rings. The van der Waals surface area contributed by atoms with Gasteiger partial charge in [-0.1, -0.05) is 63.1 Å². The van der Waals surface area contributed by atoms with Crippen molar-refractivity contribution in [2.24, 2.45) is 5.41 Å². The molecule has 7 atom stereocenters. The van der Waals surface area contributed by atoms with Crippen LogP contribution < -0.4 is 15.0 Å². The van der Waals surface area contributed by atoms with Gasteiger partial charge in [-0.15, -0.1) is 0 Å². The minimum absolute atomic E-state index is 0.0729. The van der Waals surface area contributed by atoms with E-state index in [1.165, 1.54) is 31.1 Å². The molecular formula is C39H56ClN3O10S.